The van der Waals surface area contributed by atoms with E-state index in [4.69, 9.17) is 0 Å². The van der Waals surface area contributed by atoms with Gasteiger partial charge in [-0.2, -0.15) is 0 Å². The normalized spacial score (nSPS) is 11.4. The van der Waals surface area contributed by atoms with E-state index >= 15 is 0 Å². The predicted octanol–water partition coefficient (Wildman–Crippen LogP) is 1.06. The van der Waals surface area contributed by atoms with Gasteiger partial charge in [0.2, 0.25) is 0 Å². The Hall–Kier alpha value is -2.90. The van der Waals surface area contributed by atoms with Crippen molar-refractivity contribution in [3.63, 3.8) is 0 Å². The maximum absolute atomic E-state index is 12.9. The zero-order chi connectivity index (χ0) is 13.5. The van der Waals surface area contributed by atoms with Crippen molar-refractivity contribution in [2.24, 2.45) is 0 Å². The van der Waals surface area contributed by atoms with Crippen LogP contribution in [0.25, 0.3) is 16.8 Å². The van der Waals surface area contributed by atoms with Crippen LogP contribution in [0.3, 0.4) is 0 Å². The lowest BCUT2D eigenvalue weighted by Gasteiger charge is -2.01. The highest BCUT2D eigenvalue weighted by atomic mass is 19.1. The molecule has 4 rings (SSSR count). The van der Waals surface area contributed by atoms with Crippen LogP contribution in [0, 0.1) is 5.82 Å². The third-order valence-electron chi connectivity index (χ3n) is 3.04. The Bertz CT molecular complexity index is 893. The maximum atomic E-state index is 12.9. The van der Waals surface area contributed by atoms with Crippen molar-refractivity contribution >= 4 is 16.8 Å². The molecule has 4 aromatic rings. The summed E-state index contributed by atoms with van der Waals surface area (Å²) in [6.45, 7) is 0.466. The van der Waals surface area contributed by atoms with Gasteiger partial charge in [0.05, 0.1) is 6.54 Å². The zero-order valence-electron chi connectivity index (χ0n) is 10.2. The van der Waals surface area contributed by atoms with Crippen molar-refractivity contribution in [3.8, 4) is 0 Å². The van der Waals surface area contributed by atoms with Crippen LogP contribution in [0.4, 0.5) is 4.39 Å². The molecule has 0 fully saturated rings. The Morgan fingerprint density at radius 1 is 1.00 bits per heavy atom. The van der Waals surface area contributed by atoms with Crippen molar-refractivity contribution in [2.45, 2.75) is 6.54 Å². The molecule has 0 aliphatic carbocycles. The Morgan fingerprint density at radius 3 is 2.70 bits per heavy atom. The highest BCUT2D eigenvalue weighted by molar-refractivity contribution is 5.83. The van der Waals surface area contributed by atoms with Gasteiger partial charge < -0.3 is 0 Å². The van der Waals surface area contributed by atoms with Gasteiger partial charge >= 0.3 is 0 Å². The number of halogens is 1. The monoisotopic (exact) mass is 269 g/mol. The van der Waals surface area contributed by atoms with Gasteiger partial charge in [0.1, 0.15) is 18.5 Å². The van der Waals surface area contributed by atoms with Gasteiger partial charge in [-0.05, 0) is 17.7 Å². The van der Waals surface area contributed by atoms with E-state index in [0.29, 0.717) is 23.4 Å². The summed E-state index contributed by atoms with van der Waals surface area (Å²) in [5, 5.41) is 16.0. The second-order valence-corrected chi connectivity index (χ2v) is 4.35. The molecule has 0 saturated carbocycles. The lowest BCUT2D eigenvalue weighted by molar-refractivity contribution is 0.623. The van der Waals surface area contributed by atoms with Crippen LogP contribution >= 0.6 is 0 Å². The Labute approximate surface area is 111 Å². The van der Waals surface area contributed by atoms with Crippen molar-refractivity contribution in [2.75, 3.05) is 0 Å². The molecule has 0 atom stereocenters. The summed E-state index contributed by atoms with van der Waals surface area (Å²) >= 11 is 0. The van der Waals surface area contributed by atoms with Crippen LogP contribution < -0.4 is 0 Å². The van der Waals surface area contributed by atoms with Crippen LogP contribution in [0.15, 0.2) is 36.9 Å². The zero-order valence-corrected chi connectivity index (χ0v) is 10.2. The summed E-state index contributed by atoms with van der Waals surface area (Å²) in [5.74, 6) is -0.263. The molecule has 0 spiro atoms. The fourth-order valence-corrected chi connectivity index (χ4v) is 2.06. The van der Waals surface area contributed by atoms with Gasteiger partial charge in [-0.25, -0.2) is 14.1 Å². The van der Waals surface area contributed by atoms with Gasteiger partial charge in [0, 0.05) is 0 Å². The van der Waals surface area contributed by atoms with Crippen LogP contribution in [0.1, 0.15) is 5.56 Å². The number of benzene rings is 1. The molecule has 0 N–H and O–H groups in total. The average molecular weight is 269 g/mol. The largest absolute Gasteiger partial charge is 0.270 e. The molecule has 3 heterocycles. The first-order chi connectivity index (χ1) is 9.81. The summed E-state index contributed by atoms with van der Waals surface area (Å²) in [4.78, 5) is 4.30. The number of hydrogen-bond donors (Lipinski definition) is 0. The molecule has 0 amide bonds. The van der Waals surface area contributed by atoms with E-state index in [1.54, 1.807) is 33.9 Å². The first-order valence-corrected chi connectivity index (χ1v) is 5.93. The molecule has 1 aromatic carbocycles. The molecule has 0 unspecified atom stereocenters. The summed E-state index contributed by atoms with van der Waals surface area (Å²) in [6.07, 6.45) is 3.17. The van der Waals surface area contributed by atoms with Gasteiger partial charge in [0.25, 0.3) is 0 Å². The van der Waals surface area contributed by atoms with E-state index in [9.17, 15) is 4.39 Å². The fraction of sp³-hybridized carbons (Fsp3) is 0.0833. The molecule has 8 heteroatoms. The van der Waals surface area contributed by atoms with Gasteiger partial charge in [-0.1, -0.05) is 17.3 Å². The third-order valence-corrected chi connectivity index (χ3v) is 3.04. The summed E-state index contributed by atoms with van der Waals surface area (Å²) in [7, 11) is 0. The molecular weight excluding hydrogens is 261 g/mol. The van der Waals surface area contributed by atoms with Crippen molar-refractivity contribution in [3.05, 3.63) is 48.3 Å². The van der Waals surface area contributed by atoms with E-state index in [2.05, 4.69) is 25.5 Å². The quantitative estimate of drug-likeness (QED) is 0.544. The summed E-state index contributed by atoms with van der Waals surface area (Å²) in [6, 6.07) is 6.24. The standard InChI is InChI=1S/C12H8FN7/c13-9-3-1-8(2-4-9)5-20-11-10(16-18-20)12-17-15-7-19(12)6-14-11/h1-4,6-7H,5H2. The number of rotatable bonds is 2. The maximum Gasteiger partial charge on any atom is 0.193 e. The van der Waals surface area contributed by atoms with Crippen LogP contribution in [-0.4, -0.2) is 34.6 Å². The van der Waals surface area contributed by atoms with E-state index < -0.39 is 0 Å². The average Bonchev–Trinajstić information content (AvgIpc) is 3.07. The first kappa shape index (κ1) is 11.0. The minimum atomic E-state index is -0.263. The SMILES string of the molecule is Fc1ccc(Cn2nnc3c2ncn2cnnc32)cc1. The Morgan fingerprint density at radius 2 is 1.85 bits per heavy atom. The molecule has 0 radical (unpaired) electrons. The molecule has 0 aliphatic rings. The smallest absolute Gasteiger partial charge is 0.193 e. The van der Waals surface area contributed by atoms with Crippen molar-refractivity contribution < 1.29 is 4.39 Å². The Kier molecular flexibility index (Phi) is 2.22. The molecular formula is C12H8FN7. The molecule has 20 heavy (non-hydrogen) atoms. The lowest BCUT2D eigenvalue weighted by atomic mass is 10.2. The van der Waals surface area contributed by atoms with Gasteiger partial charge in [-0.3, -0.25) is 4.40 Å². The van der Waals surface area contributed by atoms with E-state index in [1.807, 2.05) is 0 Å². The number of nitrogens with zero attached hydrogens (tertiary/aromatic N) is 7. The lowest BCUT2D eigenvalue weighted by Crippen LogP contribution is -2.03. The van der Waals surface area contributed by atoms with E-state index in [1.165, 1.54) is 12.1 Å². The molecule has 98 valence electrons. The number of hydrogen-bond acceptors (Lipinski definition) is 5. The van der Waals surface area contributed by atoms with Gasteiger partial charge in [0.15, 0.2) is 16.8 Å². The molecule has 7 nitrogen and oxygen atoms in total. The minimum absolute atomic E-state index is 0.263. The van der Waals surface area contributed by atoms with Crippen molar-refractivity contribution in [1.29, 1.82) is 0 Å². The fourth-order valence-electron chi connectivity index (χ4n) is 2.06. The van der Waals surface area contributed by atoms with E-state index in [0.717, 1.165) is 5.56 Å². The predicted molar refractivity (Wildman–Crippen MR) is 67.4 cm³/mol. The summed E-state index contributed by atoms with van der Waals surface area (Å²) < 4.78 is 16.2. The third kappa shape index (κ3) is 1.62. The molecule has 3 aromatic heterocycles. The number of fused-ring (bicyclic) bond motifs is 3. The highest BCUT2D eigenvalue weighted by Crippen LogP contribution is 2.14. The first-order valence-electron chi connectivity index (χ1n) is 5.93. The highest BCUT2D eigenvalue weighted by Gasteiger charge is 2.11. The Balaban J connectivity index is 1.82. The molecule has 0 bridgehead atoms. The number of aromatic nitrogens is 7. The van der Waals surface area contributed by atoms with Crippen molar-refractivity contribution in [1.82, 2.24) is 34.6 Å². The molecule has 0 aliphatic heterocycles. The van der Waals surface area contributed by atoms with Crippen LogP contribution in [-0.2, 0) is 6.54 Å². The second-order valence-electron chi connectivity index (χ2n) is 4.35. The molecule has 0 saturated heterocycles. The van der Waals surface area contributed by atoms with Crippen LogP contribution in [0.2, 0.25) is 0 Å². The van der Waals surface area contributed by atoms with E-state index in [-0.39, 0.29) is 5.82 Å². The summed E-state index contributed by atoms with van der Waals surface area (Å²) in [5.41, 5.74) is 2.74. The minimum Gasteiger partial charge on any atom is -0.270 e. The van der Waals surface area contributed by atoms with Crippen LogP contribution in [0.5, 0.6) is 0 Å². The second kappa shape index (κ2) is 4.05. The topological polar surface area (TPSA) is 73.8 Å². The van der Waals surface area contributed by atoms with Gasteiger partial charge in [-0.15, -0.1) is 15.3 Å².